The standard InChI is InChI=1S/C94H136N16O19S2/c1-12-13-15-31-69(83(99)120)103-85(122)64(50-77(97)118)48-74(115)68(30-20-23-42-100-57(5)113)108-91(128)94(11,39-21-22-40-95)52-76(117)71(46-60-33-36-61-27-18-19-28-62(61)45-60)105-84(121)63(44-59-34-37-66(38-35-59)129-43-41-96)49-75(116)81-92(7,8)130-131-93(9,10)82(102-58(6)114)90(127)107-73(51-78(98)119)88(125)109-80(56(4)112)89(126)106-72(47-65-53-101-79-54(2)25-24-29-67(65)79)87(124)104-70(86(123)110-81)32-17-14-16-26-55(3)111/h18-19,24-25,27-29,33-38,45,53,56,63-64,68-73,80-82,101,112H,12-17,20-23,26,30-32,39-44,46-52,95-96H2,1-11H3,(H2,97,118)(H2,98,119)(H2,99,120)(H,100,113)(H,102,114)(H,103,122)(H,104,124)(H,105,121)(H,106,126)(H,107,127)(H,108,128)(H,109,125)(H,110,123)/t56-,63-,64+,68+,69-,70+,71+,72+,73+,80+,81-,82-,94-/m1/s1. The van der Waals surface area contributed by atoms with Crippen LogP contribution in [0.1, 0.15) is 220 Å². The Balaban J connectivity index is 1.54. The van der Waals surface area contributed by atoms with Gasteiger partial charge in [0, 0.05) is 98.0 Å². The number of nitrogens with two attached hydrogens (primary N) is 5. The summed E-state index contributed by atoms with van der Waals surface area (Å²) in [5, 5.41) is 40.8. The van der Waals surface area contributed by atoms with E-state index < -0.39 is 208 Å². The van der Waals surface area contributed by atoms with Gasteiger partial charge in [0.05, 0.1) is 35.9 Å². The molecule has 22 N–H and O–H groups in total. The Morgan fingerprint density at radius 1 is 0.588 bits per heavy atom. The van der Waals surface area contributed by atoms with Crippen molar-refractivity contribution in [2.45, 2.75) is 294 Å². The number of carbonyl (C=O) groups excluding carboxylic acids is 17. The van der Waals surface area contributed by atoms with Gasteiger partial charge in [-0.3, -0.25) is 76.7 Å². The van der Waals surface area contributed by atoms with Crippen LogP contribution < -0.4 is 86.6 Å². The minimum absolute atomic E-state index is 0.0203. The molecule has 2 heterocycles. The number of H-pyrrole nitrogens is 1. The van der Waals surface area contributed by atoms with Crippen LogP contribution in [0.15, 0.2) is 91.1 Å². The molecule has 0 saturated carbocycles. The first-order valence-corrected chi connectivity index (χ1v) is 47.1. The minimum atomic E-state index is -1.91. The predicted octanol–water partition coefficient (Wildman–Crippen LogP) is 4.62. The number of para-hydroxylation sites is 1. The van der Waals surface area contributed by atoms with Crippen molar-refractivity contribution < 1.29 is 91.4 Å². The van der Waals surface area contributed by atoms with Gasteiger partial charge in [0.25, 0.3) is 0 Å². The largest absolute Gasteiger partial charge is 0.492 e. The van der Waals surface area contributed by atoms with Crippen LogP contribution in [-0.4, -0.2) is 206 Å². The van der Waals surface area contributed by atoms with Crippen molar-refractivity contribution in [3.8, 4) is 5.75 Å². The molecule has 0 aliphatic carbocycles. The number of ketones is 4. The Morgan fingerprint density at radius 2 is 1.22 bits per heavy atom. The number of fused-ring (bicyclic) bond motifs is 2. The van der Waals surface area contributed by atoms with E-state index in [0.717, 1.165) is 51.3 Å². The number of aromatic amines is 1. The number of carbonyl (C=O) groups is 17. The van der Waals surface area contributed by atoms with Gasteiger partial charge in [-0.25, -0.2) is 0 Å². The van der Waals surface area contributed by atoms with Crippen LogP contribution in [0.25, 0.3) is 21.7 Å². The van der Waals surface area contributed by atoms with E-state index >= 15 is 28.8 Å². The highest BCUT2D eigenvalue weighted by Crippen LogP contribution is 2.47. The Kier molecular flexibility index (Phi) is 43.8. The zero-order valence-corrected chi connectivity index (χ0v) is 78.8. The molecule has 1 aliphatic rings. The molecule has 0 radical (unpaired) electrons. The number of aromatic nitrogens is 1. The highest BCUT2D eigenvalue weighted by atomic mass is 33.1. The van der Waals surface area contributed by atoms with Gasteiger partial charge >= 0.3 is 0 Å². The summed E-state index contributed by atoms with van der Waals surface area (Å²) in [4.78, 5) is 248. The Bertz CT molecular complexity index is 4830. The first-order valence-electron chi connectivity index (χ1n) is 45.0. The number of aliphatic hydroxyl groups is 1. The molecular weight excluding hydrogens is 1720 g/mol. The molecule has 131 heavy (non-hydrogen) atoms. The minimum Gasteiger partial charge on any atom is -0.492 e. The number of unbranched alkanes of at least 4 members (excludes halogenated alkanes) is 6. The first kappa shape index (κ1) is 109. The number of amides is 13. The normalized spacial score (nSPS) is 19.3. The average Bonchev–Trinajstić information content (AvgIpc) is 1.72. The Hall–Kier alpha value is -11.1. The zero-order valence-electron chi connectivity index (χ0n) is 77.2. The predicted molar refractivity (Wildman–Crippen MR) is 501 cm³/mol. The Labute approximate surface area is 773 Å². The van der Waals surface area contributed by atoms with Crippen molar-refractivity contribution in [2.24, 2.45) is 45.9 Å². The lowest BCUT2D eigenvalue weighted by atomic mass is 9.77. The maximum atomic E-state index is 16.5. The summed E-state index contributed by atoms with van der Waals surface area (Å²) in [6.07, 6.45) is -0.0711. The fourth-order valence-corrected chi connectivity index (χ4v) is 18.6. The molecule has 1 saturated heterocycles. The second kappa shape index (κ2) is 52.8. The fourth-order valence-electron chi connectivity index (χ4n) is 15.8. The molecule has 5 aromatic rings. The summed E-state index contributed by atoms with van der Waals surface area (Å²) in [6.45, 7) is 17.3. The second-order valence-electron chi connectivity index (χ2n) is 35.6. The molecule has 1 fully saturated rings. The molecule has 6 rings (SSSR count). The third kappa shape index (κ3) is 35.2. The lowest BCUT2D eigenvalue weighted by molar-refractivity contribution is -0.140. The second-order valence-corrected chi connectivity index (χ2v) is 39.0. The van der Waals surface area contributed by atoms with Crippen molar-refractivity contribution in [1.82, 2.24) is 58.2 Å². The third-order valence-corrected chi connectivity index (χ3v) is 27.5. The molecule has 1 aromatic heterocycles. The van der Waals surface area contributed by atoms with Crippen LogP contribution in [0.5, 0.6) is 5.75 Å². The van der Waals surface area contributed by atoms with E-state index in [1.54, 1.807) is 76.4 Å². The highest BCUT2D eigenvalue weighted by molar-refractivity contribution is 8.77. The number of hydrogen-bond acceptors (Lipinski definition) is 23. The van der Waals surface area contributed by atoms with Gasteiger partial charge in [0.2, 0.25) is 76.8 Å². The third-order valence-electron chi connectivity index (χ3n) is 23.3. The average molecular weight is 1860 g/mol. The molecule has 37 heteroatoms. The van der Waals surface area contributed by atoms with Crippen LogP contribution in [-0.2, 0) is 101 Å². The molecule has 0 spiro atoms. The van der Waals surface area contributed by atoms with Crippen LogP contribution in [0.3, 0.4) is 0 Å². The summed E-state index contributed by atoms with van der Waals surface area (Å²) in [6, 6.07) is 10.5. The van der Waals surface area contributed by atoms with Crippen LogP contribution in [0.2, 0.25) is 0 Å². The van der Waals surface area contributed by atoms with Crippen molar-refractivity contribution in [3.05, 3.63) is 113 Å². The van der Waals surface area contributed by atoms with Crippen LogP contribution in [0.4, 0.5) is 0 Å². The monoisotopic (exact) mass is 1860 g/mol. The smallest absolute Gasteiger partial charge is 0.245 e. The van der Waals surface area contributed by atoms with Gasteiger partial charge in [-0.2, -0.15) is 0 Å². The van der Waals surface area contributed by atoms with E-state index in [1.807, 2.05) is 56.3 Å². The SMILES string of the molecule is CCCCC[C@@H](NC(=O)[C@H](CC(N)=O)CC(=O)[C@H](CCCCNC(C)=O)NC(=O)[C@](C)(CCCCN)CC(=O)[C@H](Cc1ccc2ccccc2c1)NC(=O)[C@@H](CC(=O)[C@H]1NC(=O)[C@H](CCCCCC(C)=O)NC(=O)[C@H](Cc2c[nH]c3c(C)cccc23)NC(=O)[C@H]([C@@H](C)O)NC(=O)[C@H](CC(N)=O)NC(=O)[C@@H](NC(C)=O)C(C)(C)SSC1(C)C)Cc1ccc(OCCN)cc1)C(N)=O. The van der Waals surface area contributed by atoms with Gasteiger partial charge in [-0.05, 0) is 164 Å². The van der Waals surface area contributed by atoms with Crippen LogP contribution >= 0.6 is 21.6 Å². The number of aliphatic hydroxyl groups excluding tert-OH is 1. The summed E-state index contributed by atoms with van der Waals surface area (Å²) >= 11 is 0. The quantitative estimate of drug-likeness (QED) is 0.0186. The number of nitrogens with one attached hydrogen (secondary N) is 11. The van der Waals surface area contributed by atoms with Crippen LogP contribution in [0, 0.1) is 24.2 Å². The number of ether oxygens (including phenoxy) is 1. The number of Topliss-reactive ketones (excluding diaryl/α,β-unsaturated/α-hetero) is 4. The lowest BCUT2D eigenvalue weighted by Gasteiger charge is -2.39. The van der Waals surface area contributed by atoms with E-state index in [9.17, 15) is 57.8 Å². The summed E-state index contributed by atoms with van der Waals surface area (Å²) in [7, 11) is 1.92. The van der Waals surface area contributed by atoms with Crippen molar-refractivity contribution in [1.29, 1.82) is 0 Å². The maximum Gasteiger partial charge on any atom is 0.245 e. The number of rotatable bonds is 50. The van der Waals surface area contributed by atoms with Crippen molar-refractivity contribution in [3.63, 3.8) is 0 Å². The van der Waals surface area contributed by atoms with Gasteiger partial charge in [0.15, 0.2) is 17.3 Å². The molecule has 718 valence electrons. The number of aryl methyl sites for hydroxylation is 1. The fraction of sp³-hybridized carbons (Fsp3) is 0.564. The van der Waals surface area contributed by atoms with E-state index in [0.29, 0.717) is 71.9 Å². The molecule has 0 bridgehead atoms. The van der Waals surface area contributed by atoms with Gasteiger partial charge in [0.1, 0.15) is 60.4 Å². The van der Waals surface area contributed by atoms with E-state index in [1.165, 1.54) is 27.7 Å². The van der Waals surface area contributed by atoms with Gasteiger partial charge in [-0.15, -0.1) is 0 Å². The molecule has 13 amide bonds. The molecule has 4 aromatic carbocycles. The molecular formula is C94H136N16O19S2. The first-order chi connectivity index (χ1) is 61.9. The van der Waals surface area contributed by atoms with Gasteiger partial charge in [-0.1, -0.05) is 147 Å². The summed E-state index contributed by atoms with van der Waals surface area (Å²) < 4.78 is 2.73. The zero-order chi connectivity index (χ0) is 97.0. The topological polar surface area (TPSA) is 586 Å². The lowest BCUT2D eigenvalue weighted by Crippen LogP contribution is -2.63. The van der Waals surface area contributed by atoms with E-state index in [4.69, 9.17) is 33.4 Å². The van der Waals surface area contributed by atoms with Gasteiger partial charge < -0.3 is 101 Å². The highest BCUT2D eigenvalue weighted by Gasteiger charge is 2.47. The van der Waals surface area contributed by atoms with E-state index in [2.05, 4.69) is 58.2 Å². The number of primary amides is 3. The molecule has 0 unspecified atom stereocenters. The van der Waals surface area contributed by atoms with Crippen molar-refractivity contribution >= 4 is 143 Å². The number of benzene rings is 4. The van der Waals surface area contributed by atoms with Crippen molar-refractivity contribution in [2.75, 3.05) is 26.2 Å². The molecule has 35 nitrogen and oxygen atoms in total. The maximum absolute atomic E-state index is 16.5. The van der Waals surface area contributed by atoms with E-state index in [-0.39, 0.29) is 109 Å². The molecule has 13 atom stereocenters. The molecule has 1 aliphatic heterocycles. The summed E-state index contributed by atoms with van der Waals surface area (Å²) in [5.41, 5.74) is 30.3. The summed E-state index contributed by atoms with van der Waals surface area (Å²) in [5.74, 6) is -16.5. The Morgan fingerprint density at radius 3 is 1.86 bits per heavy atom. The number of hydrogen-bond donors (Lipinski definition) is 17.